The number of benzene rings is 1. The van der Waals surface area contributed by atoms with Crippen LogP contribution in [0.5, 0.6) is 0 Å². The van der Waals surface area contributed by atoms with Crippen molar-refractivity contribution in [3.05, 3.63) is 34.6 Å². The molecule has 1 aliphatic rings. The lowest BCUT2D eigenvalue weighted by atomic mass is 10.1. The van der Waals surface area contributed by atoms with E-state index in [1.165, 1.54) is 11.0 Å². The highest BCUT2D eigenvalue weighted by atomic mass is 35.5. The molecule has 1 aromatic carbocycles. The Labute approximate surface area is 126 Å². The van der Waals surface area contributed by atoms with Crippen molar-refractivity contribution >= 4 is 11.6 Å². The normalized spacial score (nSPS) is 20.1. The molecule has 1 heterocycles. The fourth-order valence-electron chi connectivity index (χ4n) is 2.55. The maximum atomic E-state index is 13.5. The van der Waals surface area contributed by atoms with Crippen molar-refractivity contribution in [1.29, 1.82) is 0 Å². The summed E-state index contributed by atoms with van der Waals surface area (Å²) in [6, 6.07) is 4.47. The second kappa shape index (κ2) is 6.94. The lowest BCUT2D eigenvalue weighted by Crippen LogP contribution is -2.33. The number of alkyl halides is 3. The van der Waals surface area contributed by atoms with Crippen molar-refractivity contribution in [2.75, 3.05) is 26.2 Å². The molecule has 1 fully saturated rings. The van der Waals surface area contributed by atoms with E-state index in [9.17, 15) is 17.6 Å². The first-order chi connectivity index (χ1) is 9.83. The number of nitrogens with one attached hydrogen (secondary N) is 1. The monoisotopic (exact) mass is 324 g/mol. The SMILES string of the molecule is Fc1cc(Cl)ccc1CNCC1CCN(CC(F)(F)F)C1. The van der Waals surface area contributed by atoms with Crippen molar-refractivity contribution in [3.8, 4) is 0 Å². The van der Waals surface area contributed by atoms with Gasteiger partial charge in [-0.3, -0.25) is 4.90 Å². The largest absolute Gasteiger partial charge is 0.401 e. The second-order valence-electron chi connectivity index (χ2n) is 5.37. The molecule has 0 aliphatic carbocycles. The summed E-state index contributed by atoms with van der Waals surface area (Å²) in [4.78, 5) is 1.41. The van der Waals surface area contributed by atoms with E-state index >= 15 is 0 Å². The van der Waals surface area contributed by atoms with Gasteiger partial charge in [0.1, 0.15) is 5.82 Å². The van der Waals surface area contributed by atoms with Gasteiger partial charge in [0.2, 0.25) is 0 Å². The van der Waals surface area contributed by atoms with Crippen LogP contribution in [0.15, 0.2) is 18.2 Å². The molecule has 0 bridgehead atoms. The first kappa shape index (κ1) is 16.5. The molecule has 1 aromatic rings. The van der Waals surface area contributed by atoms with Crippen molar-refractivity contribution in [2.45, 2.75) is 19.1 Å². The number of halogens is 5. The Morgan fingerprint density at radius 1 is 1.33 bits per heavy atom. The van der Waals surface area contributed by atoms with Gasteiger partial charge in [-0.1, -0.05) is 17.7 Å². The Bertz CT molecular complexity index is 479. The molecular formula is C14H17ClF4N2. The third-order valence-electron chi connectivity index (χ3n) is 3.54. The number of hydrogen-bond acceptors (Lipinski definition) is 2. The van der Waals surface area contributed by atoms with E-state index < -0.39 is 12.7 Å². The molecule has 1 aliphatic heterocycles. The van der Waals surface area contributed by atoms with E-state index in [1.54, 1.807) is 12.1 Å². The topological polar surface area (TPSA) is 15.3 Å². The summed E-state index contributed by atoms with van der Waals surface area (Å²) in [6.07, 6.45) is -3.42. The van der Waals surface area contributed by atoms with Crippen LogP contribution in [0.4, 0.5) is 17.6 Å². The number of hydrogen-bond donors (Lipinski definition) is 1. The van der Waals surface area contributed by atoms with Crippen LogP contribution >= 0.6 is 11.6 Å². The minimum Gasteiger partial charge on any atom is -0.312 e. The molecule has 118 valence electrons. The number of nitrogens with zero attached hydrogens (tertiary/aromatic N) is 1. The van der Waals surface area contributed by atoms with Crippen molar-refractivity contribution < 1.29 is 17.6 Å². The van der Waals surface area contributed by atoms with Crippen LogP contribution < -0.4 is 5.32 Å². The molecule has 7 heteroatoms. The van der Waals surface area contributed by atoms with Crippen molar-refractivity contribution in [1.82, 2.24) is 10.2 Å². The molecule has 1 atom stereocenters. The third-order valence-corrected chi connectivity index (χ3v) is 3.77. The predicted molar refractivity (Wildman–Crippen MR) is 73.7 cm³/mol. The van der Waals surface area contributed by atoms with Crippen LogP contribution in [-0.4, -0.2) is 37.3 Å². The van der Waals surface area contributed by atoms with Gasteiger partial charge in [0.05, 0.1) is 6.54 Å². The summed E-state index contributed by atoms with van der Waals surface area (Å²) in [6.45, 7) is 0.960. The number of likely N-dealkylation sites (tertiary alicyclic amines) is 1. The lowest BCUT2D eigenvalue weighted by molar-refractivity contribution is -0.143. The van der Waals surface area contributed by atoms with Gasteiger partial charge >= 0.3 is 6.18 Å². The Morgan fingerprint density at radius 3 is 2.76 bits per heavy atom. The van der Waals surface area contributed by atoms with Crippen LogP contribution in [0.1, 0.15) is 12.0 Å². The summed E-state index contributed by atoms with van der Waals surface area (Å²) in [5.74, 6) is -0.206. The van der Waals surface area contributed by atoms with E-state index in [-0.39, 0.29) is 11.7 Å². The molecule has 2 rings (SSSR count). The standard InChI is InChI=1S/C14H17ClF4N2/c15-12-2-1-11(13(16)5-12)7-20-6-10-3-4-21(8-10)9-14(17,18)19/h1-2,5,10,20H,3-4,6-9H2. The Hall–Kier alpha value is -0.850. The molecule has 21 heavy (non-hydrogen) atoms. The molecule has 0 aromatic heterocycles. The van der Waals surface area contributed by atoms with Gasteiger partial charge in [-0.05, 0) is 37.6 Å². The maximum absolute atomic E-state index is 13.5. The summed E-state index contributed by atoms with van der Waals surface area (Å²) in [5.41, 5.74) is 0.504. The summed E-state index contributed by atoms with van der Waals surface area (Å²) in [5, 5.41) is 3.44. The minimum atomic E-state index is -4.14. The average molecular weight is 325 g/mol. The molecule has 1 saturated heterocycles. The molecule has 0 radical (unpaired) electrons. The van der Waals surface area contributed by atoms with Gasteiger partial charge in [0.25, 0.3) is 0 Å². The molecule has 0 amide bonds. The molecular weight excluding hydrogens is 308 g/mol. The highest BCUT2D eigenvalue weighted by Gasteiger charge is 2.34. The maximum Gasteiger partial charge on any atom is 0.401 e. The van der Waals surface area contributed by atoms with Gasteiger partial charge in [-0.15, -0.1) is 0 Å². The zero-order chi connectivity index (χ0) is 15.5. The van der Waals surface area contributed by atoms with Crippen molar-refractivity contribution in [2.24, 2.45) is 5.92 Å². The van der Waals surface area contributed by atoms with E-state index in [4.69, 9.17) is 11.6 Å². The smallest absolute Gasteiger partial charge is 0.312 e. The molecule has 1 N–H and O–H groups in total. The van der Waals surface area contributed by atoms with Crippen LogP contribution in [0.3, 0.4) is 0 Å². The van der Waals surface area contributed by atoms with E-state index in [0.29, 0.717) is 36.8 Å². The average Bonchev–Trinajstić information content (AvgIpc) is 2.77. The third kappa shape index (κ3) is 5.45. The molecule has 1 unspecified atom stereocenters. The van der Waals surface area contributed by atoms with E-state index in [2.05, 4.69) is 5.32 Å². The molecule has 0 spiro atoms. The van der Waals surface area contributed by atoms with E-state index in [1.807, 2.05) is 0 Å². The fraction of sp³-hybridized carbons (Fsp3) is 0.571. The zero-order valence-electron chi connectivity index (χ0n) is 11.4. The van der Waals surface area contributed by atoms with Crippen molar-refractivity contribution in [3.63, 3.8) is 0 Å². The van der Waals surface area contributed by atoms with Crippen LogP contribution in [0.25, 0.3) is 0 Å². The Kier molecular flexibility index (Phi) is 5.46. The van der Waals surface area contributed by atoms with Crippen LogP contribution in [-0.2, 0) is 6.54 Å². The fourth-order valence-corrected chi connectivity index (χ4v) is 2.71. The first-order valence-corrected chi connectivity index (χ1v) is 7.15. The summed E-state index contributed by atoms with van der Waals surface area (Å²) >= 11 is 5.67. The second-order valence-corrected chi connectivity index (χ2v) is 5.81. The zero-order valence-corrected chi connectivity index (χ0v) is 12.1. The Morgan fingerprint density at radius 2 is 2.10 bits per heavy atom. The van der Waals surface area contributed by atoms with Crippen LogP contribution in [0, 0.1) is 11.7 Å². The Balaban J connectivity index is 1.72. The predicted octanol–water partition coefficient (Wildman–Crippen LogP) is 3.45. The lowest BCUT2D eigenvalue weighted by Gasteiger charge is -2.18. The molecule has 2 nitrogen and oxygen atoms in total. The van der Waals surface area contributed by atoms with Gasteiger partial charge < -0.3 is 5.32 Å². The number of rotatable bonds is 5. The highest BCUT2D eigenvalue weighted by molar-refractivity contribution is 6.30. The van der Waals surface area contributed by atoms with Gasteiger partial charge in [0.15, 0.2) is 0 Å². The van der Waals surface area contributed by atoms with E-state index in [0.717, 1.165) is 6.42 Å². The van der Waals surface area contributed by atoms with Gasteiger partial charge in [0, 0.05) is 23.7 Å². The first-order valence-electron chi connectivity index (χ1n) is 6.77. The summed E-state index contributed by atoms with van der Waals surface area (Å²) < 4.78 is 50.4. The molecule has 0 saturated carbocycles. The van der Waals surface area contributed by atoms with Crippen LogP contribution in [0.2, 0.25) is 5.02 Å². The quantitative estimate of drug-likeness (QED) is 0.835. The van der Waals surface area contributed by atoms with Gasteiger partial charge in [-0.2, -0.15) is 13.2 Å². The highest BCUT2D eigenvalue weighted by Crippen LogP contribution is 2.22. The summed E-state index contributed by atoms with van der Waals surface area (Å²) in [7, 11) is 0. The minimum absolute atomic E-state index is 0.169. The van der Waals surface area contributed by atoms with Gasteiger partial charge in [-0.25, -0.2) is 4.39 Å².